The van der Waals surface area contributed by atoms with Gasteiger partial charge < -0.3 is 15.4 Å². The van der Waals surface area contributed by atoms with E-state index in [0.717, 1.165) is 47.4 Å². The molecule has 1 heterocycles. The summed E-state index contributed by atoms with van der Waals surface area (Å²) in [6.07, 6.45) is 1.70. The summed E-state index contributed by atoms with van der Waals surface area (Å²) in [4.78, 5) is 4.32. The number of aromatic nitrogens is 2. The maximum atomic E-state index is 6.30. The van der Waals surface area contributed by atoms with E-state index in [4.69, 9.17) is 16.3 Å². The summed E-state index contributed by atoms with van der Waals surface area (Å²) in [5.41, 5.74) is 4.66. The van der Waals surface area contributed by atoms with Gasteiger partial charge in [0.1, 0.15) is 5.75 Å². The highest BCUT2D eigenvalue weighted by Crippen LogP contribution is 2.22. The van der Waals surface area contributed by atoms with Crippen LogP contribution >= 0.6 is 35.6 Å². The molecule has 6 nitrogen and oxygen atoms in total. The molecule has 1 aromatic heterocycles. The van der Waals surface area contributed by atoms with E-state index >= 15 is 0 Å². The van der Waals surface area contributed by atoms with Gasteiger partial charge in [-0.15, -0.1) is 24.0 Å². The molecule has 156 valence electrons. The number of halogens is 2. The fourth-order valence-corrected chi connectivity index (χ4v) is 3.34. The number of aliphatic imine (C=N–C) groups is 1. The van der Waals surface area contributed by atoms with Crippen LogP contribution in [-0.4, -0.2) is 42.5 Å². The maximum Gasteiger partial charge on any atom is 0.191 e. The largest absolute Gasteiger partial charge is 0.497 e. The number of ether oxygens (including phenoxy) is 1. The second-order valence-corrected chi connectivity index (χ2v) is 7.14. The molecular formula is C20H31ClIN5O. The van der Waals surface area contributed by atoms with Crippen molar-refractivity contribution in [2.45, 2.75) is 39.7 Å². The van der Waals surface area contributed by atoms with Crippen LogP contribution in [0.3, 0.4) is 0 Å². The van der Waals surface area contributed by atoms with Crippen molar-refractivity contribution in [1.29, 1.82) is 0 Å². The molecule has 8 heteroatoms. The van der Waals surface area contributed by atoms with E-state index in [0.29, 0.717) is 0 Å². The first-order chi connectivity index (χ1) is 12.8. The number of benzene rings is 1. The highest BCUT2D eigenvalue weighted by molar-refractivity contribution is 14.0. The summed E-state index contributed by atoms with van der Waals surface area (Å²) < 4.78 is 7.12. The average Bonchev–Trinajstić information content (AvgIpc) is 2.88. The number of guanidine groups is 1. The first-order valence-electron chi connectivity index (χ1n) is 9.14. The lowest BCUT2D eigenvalue weighted by Gasteiger charge is -2.18. The Kier molecular flexibility index (Phi) is 10.1. The zero-order chi connectivity index (χ0) is 20.0. The van der Waals surface area contributed by atoms with E-state index in [9.17, 15) is 0 Å². The minimum Gasteiger partial charge on any atom is -0.497 e. The van der Waals surface area contributed by atoms with Gasteiger partial charge >= 0.3 is 0 Å². The van der Waals surface area contributed by atoms with Crippen LogP contribution in [0.15, 0.2) is 23.2 Å². The van der Waals surface area contributed by atoms with Crippen LogP contribution < -0.4 is 15.4 Å². The van der Waals surface area contributed by atoms with E-state index in [-0.39, 0.29) is 30.0 Å². The number of hydrogen-bond donors (Lipinski definition) is 2. The number of methoxy groups -OCH3 is 1. The minimum absolute atomic E-state index is 0. The van der Waals surface area contributed by atoms with Gasteiger partial charge in [0.25, 0.3) is 0 Å². The topological polar surface area (TPSA) is 63.5 Å². The predicted molar refractivity (Wildman–Crippen MR) is 127 cm³/mol. The summed E-state index contributed by atoms with van der Waals surface area (Å²) in [6.45, 7) is 7.05. The van der Waals surface area contributed by atoms with Crippen LogP contribution in [0.4, 0.5) is 0 Å². The molecule has 28 heavy (non-hydrogen) atoms. The Hall–Kier alpha value is -1.48. The standard InChI is InChI=1S/C20H30ClN5O.HI/c1-13(11-18-14(2)25-26(5)15(18)3)24-20(22-4)23-10-9-16-7-8-17(27-6)12-19(16)21;/h7-8,12-13H,9-11H2,1-6H3,(H2,22,23,24);1H. The summed E-state index contributed by atoms with van der Waals surface area (Å²) in [5.74, 6) is 1.55. The Morgan fingerprint density at radius 1 is 1.36 bits per heavy atom. The molecule has 0 spiro atoms. The molecule has 1 aromatic carbocycles. The highest BCUT2D eigenvalue weighted by Gasteiger charge is 2.14. The molecule has 0 amide bonds. The van der Waals surface area contributed by atoms with Crippen molar-refractivity contribution >= 4 is 41.5 Å². The van der Waals surface area contributed by atoms with Crippen LogP contribution in [-0.2, 0) is 19.9 Å². The van der Waals surface area contributed by atoms with E-state index < -0.39 is 0 Å². The summed E-state index contributed by atoms with van der Waals surface area (Å²) >= 11 is 6.30. The molecule has 2 N–H and O–H groups in total. The van der Waals surface area contributed by atoms with E-state index in [1.54, 1.807) is 14.2 Å². The summed E-state index contributed by atoms with van der Waals surface area (Å²) in [6, 6.07) is 6.00. The Bertz CT molecular complexity index is 806. The van der Waals surface area contributed by atoms with Gasteiger partial charge in [0.2, 0.25) is 0 Å². The van der Waals surface area contributed by atoms with Gasteiger partial charge in [0, 0.05) is 37.4 Å². The average molecular weight is 520 g/mol. The maximum absolute atomic E-state index is 6.30. The number of hydrogen-bond acceptors (Lipinski definition) is 3. The molecule has 1 unspecified atom stereocenters. The molecule has 0 radical (unpaired) electrons. The Morgan fingerprint density at radius 2 is 2.07 bits per heavy atom. The van der Waals surface area contributed by atoms with E-state index in [2.05, 4.69) is 41.5 Å². The molecule has 1 atom stereocenters. The minimum atomic E-state index is 0. The molecule has 0 fully saturated rings. The fourth-order valence-electron chi connectivity index (χ4n) is 3.07. The van der Waals surface area contributed by atoms with Crippen LogP contribution in [0, 0.1) is 13.8 Å². The first kappa shape index (κ1) is 24.6. The van der Waals surface area contributed by atoms with Gasteiger partial charge in [-0.2, -0.15) is 5.10 Å². The zero-order valence-electron chi connectivity index (χ0n) is 17.5. The van der Waals surface area contributed by atoms with Gasteiger partial charge in [-0.05, 0) is 56.9 Å². The van der Waals surface area contributed by atoms with Crippen molar-refractivity contribution in [2.24, 2.45) is 12.0 Å². The summed E-state index contributed by atoms with van der Waals surface area (Å²) in [7, 11) is 5.40. The number of rotatable bonds is 7. The quantitative estimate of drug-likeness (QED) is 0.333. The molecule has 2 rings (SSSR count). The van der Waals surface area contributed by atoms with Crippen molar-refractivity contribution in [2.75, 3.05) is 20.7 Å². The normalized spacial score (nSPS) is 12.3. The highest BCUT2D eigenvalue weighted by atomic mass is 127. The Balaban J connectivity index is 0.00000392. The molecule has 0 aliphatic rings. The molecule has 0 saturated carbocycles. The van der Waals surface area contributed by atoms with Crippen LogP contribution in [0.5, 0.6) is 5.75 Å². The number of nitrogens with zero attached hydrogens (tertiary/aromatic N) is 3. The van der Waals surface area contributed by atoms with Crippen molar-refractivity contribution < 1.29 is 4.74 Å². The van der Waals surface area contributed by atoms with Crippen LogP contribution in [0.1, 0.15) is 29.4 Å². The molecule has 0 aliphatic carbocycles. The number of nitrogens with one attached hydrogen (secondary N) is 2. The first-order valence-corrected chi connectivity index (χ1v) is 9.52. The van der Waals surface area contributed by atoms with Crippen LogP contribution in [0.2, 0.25) is 5.02 Å². The van der Waals surface area contributed by atoms with Gasteiger partial charge in [0.05, 0.1) is 12.8 Å². The fraction of sp³-hybridized carbons (Fsp3) is 0.500. The zero-order valence-corrected chi connectivity index (χ0v) is 20.6. The second-order valence-electron chi connectivity index (χ2n) is 6.73. The monoisotopic (exact) mass is 519 g/mol. The molecule has 0 bridgehead atoms. The Morgan fingerprint density at radius 3 is 2.61 bits per heavy atom. The lowest BCUT2D eigenvalue weighted by atomic mass is 10.1. The number of aryl methyl sites for hydroxylation is 2. The van der Waals surface area contributed by atoms with Crippen molar-refractivity contribution in [3.8, 4) is 5.75 Å². The Labute approximate surface area is 190 Å². The van der Waals surface area contributed by atoms with Crippen molar-refractivity contribution in [3.05, 3.63) is 45.7 Å². The van der Waals surface area contributed by atoms with Gasteiger partial charge in [0.15, 0.2) is 5.96 Å². The van der Waals surface area contributed by atoms with Gasteiger partial charge in [-0.25, -0.2) is 0 Å². The van der Waals surface area contributed by atoms with E-state index in [1.165, 1.54) is 11.3 Å². The SMILES string of the molecule is CN=C(NCCc1ccc(OC)cc1Cl)NC(C)Cc1c(C)nn(C)c1C.I. The van der Waals surface area contributed by atoms with Gasteiger partial charge in [-0.3, -0.25) is 9.67 Å². The van der Waals surface area contributed by atoms with E-state index in [1.807, 2.05) is 29.9 Å². The third kappa shape index (κ3) is 6.55. The van der Waals surface area contributed by atoms with Crippen molar-refractivity contribution in [3.63, 3.8) is 0 Å². The third-order valence-corrected chi connectivity index (χ3v) is 5.07. The molecule has 2 aromatic rings. The molecule has 0 saturated heterocycles. The van der Waals surface area contributed by atoms with Crippen molar-refractivity contribution in [1.82, 2.24) is 20.4 Å². The second kappa shape index (κ2) is 11.5. The van der Waals surface area contributed by atoms with Crippen LogP contribution in [0.25, 0.3) is 0 Å². The predicted octanol–water partition coefficient (Wildman–Crippen LogP) is 3.66. The molecule has 0 aliphatic heterocycles. The lowest BCUT2D eigenvalue weighted by molar-refractivity contribution is 0.414. The van der Waals surface area contributed by atoms with Gasteiger partial charge in [-0.1, -0.05) is 17.7 Å². The third-order valence-electron chi connectivity index (χ3n) is 4.72. The summed E-state index contributed by atoms with van der Waals surface area (Å²) in [5, 5.41) is 12.0. The molecular weight excluding hydrogens is 489 g/mol. The smallest absolute Gasteiger partial charge is 0.191 e. The lowest BCUT2D eigenvalue weighted by Crippen LogP contribution is -2.43.